The zero-order chi connectivity index (χ0) is 42.6. The maximum atomic E-state index is 13.4. The van der Waals surface area contributed by atoms with E-state index in [1.807, 2.05) is 55.4 Å². The van der Waals surface area contributed by atoms with Crippen molar-refractivity contribution in [1.29, 1.82) is 0 Å². The Labute approximate surface area is 337 Å². The van der Waals surface area contributed by atoms with Crippen LogP contribution in [-0.4, -0.2) is 70.0 Å². The van der Waals surface area contributed by atoms with E-state index in [9.17, 15) is 19.2 Å². The highest BCUT2D eigenvalue weighted by atomic mass is 16.6. The SMILES string of the molecule is CCC1=C(C)/C(=C/c2[nH]c(Cc3[nH]c(C(=O)OC(C)(C)C)c(CCC(=O)OC)c3C)c(CC)c2C)N=C1Cc1[nH]c(C(=O)OC(C)(C)C)c(CCC(=O)OC)c1C. The molecule has 1 aliphatic rings. The van der Waals surface area contributed by atoms with Crippen molar-refractivity contribution in [3.8, 4) is 0 Å². The van der Waals surface area contributed by atoms with E-state index in [0.717, 1.165) is 86.0 Å². The average molecular weight is 787 g/mol. The summed E-state index contributed by atoms with van der Waals surface area (Å²) in [6.07, 6.45) is 5.61. The van der Waals surface area contributed by atoms with E-state index in [0.29, 0.717) is 37.1 Å². The Bertz CT molecular complexity index is 2120. The van der Waals surface area contributed by atoms with Gasteiger partial charge in [-0.1, -0.05) is 13.8 Å². The van der Waals surface area contributed by atoms with Gasteiger partial charge in [-0.25, -0.2) is 9.59 Å². The van der Waals surface area contributed by atoms with E-state index < -0.39 is 23.1 Å². The highest BCUT2D eigenvalue weighted by Crippen LogP contribution is 2.34. The summed E-state index contributed by atoms with van der Waals surface area (Å²) in [6.45, 7) is 23.3. The standard InChI is InChI=1S/C45H62N4O8/c1-15-28-24(3)32(46-36(28)22-34-26(5)30(17-19-38(50)54-13)40(48-34)42(52)56-44(7,8)9)21-33-25(4)29(16-2)37(47-33)23-35-27(6)31(18-20-39(51)55-14)41(49-35)43(53)57-45(10,11)12/h21,46,48-49H,15-20,22-23H2,1-14H3/b33-21-. The van der Waals surface area contributed by atoms with Gasteiger partial charge in [-0.2, -0.15) is 0 Å². The number of aromatic amines is 3. The van der Waals surface area contributed by atoms with Crippen LogP contribution in [0.25, 0.3) is 6.08 Å². The molecule has 3 N–H and O–H groups in total. The van der Waals surface area contributed by atoms with Gasteiger partial charge in [-0.3, -0.25) is 14.6 Å². The summed E-state index contributed by atoms with van der Waals surface area (Å²) in [6, 6.07) is 0. The first kappa shape index (κ1) is 44.6. The third-order valence-corrected chi connectivity index (χ3v) is 10.4. The number of methoxy groups -OCH3 is 2. The predicted octanol–water partition coefficient (Wildman–Crippen LogP) is 8.64. The number of hydrogen-bond acceptors (Lipinski definition) is 9. The van der Waals surface area contributed by atoms with Crippen LogP contribution in [0.2, 0.25) is 0 Å². The Hall–Kier alpha value is -5.13. The molecule has 0 aromatic carbocycles. The molecule has 310 valence electrons. The fraction of sp³-hybridized carbons (Fsp3) is 0.533. The number of nitrogens with zero attached hydrogens (tertiary/aromatic N) is 1. The summed E-state index contributed by atoms with van der Waals surface area (Å²) in [7, 11) is 2.71. The van der Waals surface area contributed by atoms with Crippen molar-refractivity contribution in [1.82, 2.24) is 15.0 Å². The molecule has 4 rings (SSSR count). The van der Waals surface area contributed by atoms with Crippen molar-refractivity contribution >= 4 is 35.7 Å². The summed E-state index contributed by atoms with van der Waals surface area (Å²) in [4.78, 5) is 66.4. The number of aromatic nitrogens is 3. The van der Waals surface area contributed by atoms with Crippen molar-refractivity contribution < 1.29 is 38.1 Å². The van der Waals surface area contributed by atoms with Crippen LogP contribution in [0.15, 0.2) is 21.8 Å². The summed E-state index contributed by atoms with van der Waals surface area (Å²) >= 11 is 0. The summed E-state index contributed by atoms with van der Waals surface area (Å²) in [5.41, 5.74) is 12.6. The maximum absolute atomic E-state index is 13.4. The van der Waals surface area contributed by atoms with Gasteiger partial charge in [0.15, 0.2) is 0 Å². The average Bonchev–Trinajstić information content (AvgIpc) is 3.81. The fourth-order valence-corrected chi connectivity index (χ4v) is 7.42. The molecule has 1 aliphatic heterocycles. The quantitative estimate of drug-likeness (QED) is 0.102. The maximum Gasteiger partial charge on any atom is 0.355 e. The number of nitrogens with one attached hydrogen (secondary N) is 3. The van der Waals surface area contributed by atoms with Crippen molar-refractivity contribution in [2.24, 2.45) is 4.99 Å². The van der Waals surface area contributed by atoms with E-state index in [1.165, 1.54) is 19.8 Å². The third kappa shape index (κ3) is 10.6. The van der Waals surface area contributed by atoms with Crippen LogP contribution in [-0.2, 0) is 60.6 Å². The Kier molecular flexibility index (Phi) is 14.1. The number of carbonyl (C=O) groups excluding carboxylic acids is 4. The molecule has 57 heavy (non-hydrogen) atoms. The monoisotopic (exact) mass is 786 g/mol. The number of aliphatic imine (C=N–C) groups is 1. The fourth-order valence-electron chi connectivity index (χ4n) is 7.42. The molecular weight excluding hydrogens is 725 g/mol. The number of hydrogen-bond donors (Lipinski definition) is 3. The Morgan fingerprint density at radius 1 is 0.632 bits per heavy atom. The first-order chi connectivity index (χ1) is 26.6. The predicted molar refractivity (Wildman–Crippen MR) is 222 cm³/mol. The highest BCUT2D eigenvalue weighted by Gasteiger charge is 2.29. The minimum atomic E-state index is -0.689. The lowest BCUT2D eigenvalue weighted by atomic mass is 9.97. The van der Waals surface area contributed by atoms with E-state index in [1.54, 1.807) is 0 Å². The molecule has 0 bridgehead atoms. The summed E-state index contributed by atoms with van der Waals surface area (Å²) in [5.74, 6) is -1.62. The van der Waals surface area contributed by atoms with Gasteiger partial charge >= 0.3 is 23.9 Å². The van der Waals surface area contributed by atoms with Gasteiger partial charge in [0, 0.05) is 48.5 Å². The molecule has 0 saturated carbocycles. The molecule has 0 radical (unpaired) electrons. The number of allylic oxidation sites excluding steroid dienone is 2. The van der Waals surface area contributed by atoms with Gasteiger partial charge in [0.1, 0.15) is 22.6 Å². The van der Waals surface area contributed by atoms with Gasteiger partial charge in [0.25, 0.3) is 0 Å². The molecule has 0 spiro atoms. The zero-order valence-electron chi connectivity index (χ0n) is 36.4. The third-order valence-electron chi connectivity index (χ3n) is 10.4. The van der Waals surface area contributed by atoms with Crippen molar-refractivity contribution in [3.63, 3.8) is 0 Å². The zero-order valence-corrected chi connectivity index (χ0v) is 36.4. The molecule has 0 fully saturated rings. The van der Waals surface area contributed by atoms with Gasteiger partial charge in [0.05, 0.1) is 25.6 Å². The van der Waals surface area contributed by atoms with Gasteiger partial charge in [0.2, 0.25) is 0 Å². The molecule has 0 aliphatic carbocycles. The lowest BCUT2D eigenvalue weighted by molar-refractivity contribution is -0.141. The van der Waals surface area contributed by atoms with E-state index in [2.05, 4.69) is 48.7 Å². The van der Waals surface area contributed by atoms with Gasteiger partial charge in [-0.15, -0.1) is 0 Å². The van der Waals surface area contributed by atoms with Crippen LogP contribution in [0.4, 0.5) is 0 Å². The minimum Gasteiger partial charge on any atom is -0.469 e. The second kappa shape index (κ2) is 18.0. The molecule has 0 unspecified atom stereocenters. The second-order valence-electron chi connectivity index (χ2n) is 16.7. The summed E-state index contributed by atoms with van der Waals surface area (Å²) < 4.78 is 21.2. The molecule has 0 amide bonds. The van der Waals surface area contributed by atoms with E-state index in [4.69, 9.17) is 23.9 Å². The van der Waals surface area contributed by atoms with Crippen LogP contribution in [0, 0.1) is 20.8 Å². The minimum absolute atomic E-state index is 0.139. The van der Waals surface area contributed by atoms with Crippen molar-refractivity contribution in [3.05, 3.63) is 84.4 Å². The number of rotatable bonds is 15. The molecule has 3 aromatic rings. The van der Waals surface area contributed by atoms with Crippen LogP contribution < -0.4 is 0 Å². The molecule has 0 saturated heterocycles. The number of esters is 4. The van der Waals surface area contributed by atoms with Crippen LogP contribution in [0.5, 0.6) is 0 Å². The van der Waals surface area contributed by atoms with E-state index in [-0.39, 0.29) is 24.8 Å². The summed E-state index contributed by atoms with van der Waals surface area (Å²) in [5, 5.41) is 0. The van der Waals surface area contributed by atoms with E-state index >= 15 is 0 Å². The smallest absolute Gasteiger partial charge is 0.355 e. The number of ether oxygens (including phenoxy) is 4. The van der Waals surface area contributed by atoms with Gasteiger partial charge in [-0.05, 0) is 146 Å². The van der Waals surface area contributed by atoms with Crippen molar-refractivity contribution in [2.45, 2.75) is 146 Å². The van der Waals surface area contributed by atoms with Gasteiger partial charge < -0.3 is 33.9 Å². The second-order valence-corrected chi connectivity index (χ2v) is 16.7. The Morgan fingerprint density at radius 3 is 1.53 bits per heavy atom. The molecule has 0 atom stereocenters. The topological polar surface area (TPSA) is 165 Å². The number of carbonyl (C=O) groups is 4. The Morgan fingerprint density at radius 2 is 1.11 bits per heavy atom. The first-order valence-corrected chi connectivity index (χ1v) is 19.8. The van der Waals surface area contributed by atoms with Crippen LogP contribution >= 0.6 is 0 Å². The highest BCUT2D eigenvalue weighted by molar-refractivity contribution is 6.06. The molecule has 12 heteroatoms. The Balaban J connectivity index is 1.71. The molecule has 3 aromatic heterocycles. The van der Waals surface area contributed by atoms with Crippen LogP contribution in [0.1, 0.15) is 159 Å². The number of H-pyrrole nitrogens is 3. The molecule has 12 nitrogen and oxygen atoms in total. The molecule has 4 heterocycles. The van der Waals surface area contributed by atoms with Crippen molar-refractivity contribution in [2.75, 3.05) is 14.2 Å². The van der Waals surface area contributed by atoms with Crippen LogP contribution in [0.3, 0.4) is 0 Å². The molecular formula is C45H62N4O8. The largest absolute Gasteiger partial charge is 0.469 e. The lowest BCUT2D eigenvalue weighted by Gasteiger charge is -2.19. The lowest BCUT2D eigenvalue weighted by Crippen LogP contribution is -2.25. The normalized spacial score (nSPS) is 14.0. The first-order valence-electron chi connectivity index (χ1n) is 19.8.